The molecule has 1 N–H and O–H groups in total. The molecule has 0 spiro atoms. The van der Waals surface area contributed by atoms with E-state index in [1.165, 1.54) is 56.4 Å². The summed E-state index contributed by atoms with van der Waals surface area (Å²) in [5.41, 5.74) is 2.69. The minimum Gasteiger partial charge on any atom is -0.372 e. The maximum atomic E-state index is 4.43. The molecule has 1 fully saturated rings. The van der Waals surface area contributed by atoms with E-state index >= 15 is 0 Å². The monoisotopic (exact) mass is 339 g/mol. The van der Waals surface area contributed by atoms with Gasteiger partial charge in [0.2, 0.25) is 0 Å². The first-order valence-electron chi connectivity index (χ1n) is 9.80. The highest BCUT2D eigenvalue weighted by Gasteiger charge is 2.19. The molecule has 5 heteroatoms. The number of nitrogens with zero attached hydrogens (tertiary/aromatic N) is 4. The van der Waals surface area contributed by atoms with Crippen LogP contribution in [-0.4, -0.2) is 27.9 Å². The van der Waals surface area contributed by atoms with Crippen molar-refractivity contribution in [2.45, 2.75) is 64.6 Å². The van der Waals surface area contributed by atoms with Crippen molar-refractivity contribution >= 4 is 5.69 Å². The highest BCUT2D eigenvalue weighted by atomic mass is 15.3. The lowest BCUT2D eigenvalue weighted by Crippen LogP contribution is -2.29. The maximum absolute atomic E-state index is 4.43. The highest BCUT2D eigenvalue weighted by molar-refractivity contribution is 5.47. The molecule has 0 amide bonds. The minimum absolute atomic E-state index is 0.223. The Kier molecular flexibility index (Phi) is 5.02. The van der Waals surface area contributed by atoms with E-state index in [4.69, 9.17) is 0 Å². The third kappa shape index (κ3) is 3.71. The normalized spacial score (nSPS) is 18.8. The second kappa shape index (κ2) is 7.56. The number of hydrogen-bond donors (Lipinski definition) is 1. The average molecular weight is 339 g/mol. The zero-order chi connectivity index (χ0) is 17.1. The number of hydrogen-bond acceptors (Lipinski definition) is 4. The first-order chi connectivity index (χ1) is 12.3. The zero-order valence-corrected chi connectivity index (χ0v) is 15.2. The molecule has 2 aromatic rings. The van der Waals surface area contributed by atoms with E-state index in [1.54, 1.807) is 0 Å². The molecule has 1 aromatic heterocycles. The molecular weight excluding hydrogens is 310 g/mol. The number of anilines is 1. The van der Waals surface area contributed by atoms with E-state index in [0.717, 1.165) is 31.2 Å². The molecule has 1 saturated heterocycles. The average Bonchev–Trinajstić information content (AvgIpc) is 3.11. The van der Waals surface area contributed by atoms with Gasteiger partial charge < -0.3 is 14.8 Å². The molecule has 25 heavy (non-hydrogen) atoms. The van der Waals surface area contributed by atoms with Gasteiger partial charge >= 0.3 is 0 Å². The summed E-state index contributed by atoms with van der Waals surface area (Å²) in [4.78, 5) is 2.51. The molecular formula is C20H29N5. The van der Waals surface area contributed by atoms with Crippen LogP contribution in [0.2, 0.25) is 0 Å². The van der Waals surface area contributed by atoms with Crippen molar-refractivity contribution in [3.05, 3.63) is 41.5 Å². The fourth-order valence-corrected chi connectivity index (χ4v) is 3.99. The Bertz CT molecular complexity index is 685. The molecule has 2 aliphatic heterocycles. The van der Waals surface area contributed by atoms with Crippen molar-refractivity contribution in [1.29, 1.82) is 0 Å². The topological polar surface area (TPSA) is 46.0 Å². The van der Waals surface area contributed by atoms with Crippen LogP contribution in [0.5, 0.6) is 0 Å². The van der Waals surface area contributed by atoms with E-state index in [9.17, 15) is 0 Å². The molecule has 1 aromatic carbocycles. The molecule has 3 heterocycles. The maximum Gasteiger partial charge on any atom is 0.149 e. The lowest BCUT2D eigenvalue weighted by Gasteiger charge is -2.29. The number of rotatable bonds is 5. The molecule has 0 bridgehead atoms. The van der Waals surface area contributed by atoms with E-state index in [0.29, 0.717) is 0 Å². The van der Waals surface area contributed by atoms with Gasteiger partial charge in [-0.2, -0.15) is 0 Å². The lowest BCUT2D eigenvalue weighted by atomic mass is 10.1. The number of piperidine rings is 1. The van der Waals surface area contributed by atoms with Crippen LogP contribution in [-0.2, 0) is 19.5 Å². The first kappa shape index (κ1) is 16.6. The zero-order valence-electron chi connectivity index (χ0n) is 15.2. The van der Waals surface area contributed by atoms with Crippen molar-refractivity contribution in [2.24, 2.45) is 0 Å². The van der Waals surface area contributed by atoms with Gasteiger partial charge in [0.1, 0.15) is 11.6 Å². The summed E-state index contributed by atoms with van der Waals surface area (Å²) < 4.78 is 2.31. The third-order valence-electron chi connectivity index (χ3n) is 5.55. The van der Waals surface area contributed by atoms with Crippen LogP contribution in [0.15, 0.2) is 24.3 Å². The van der Waals surface area contributed by atoms with Gasteiger partial charge in [0.15, 0.2) is 0 Å². The Morgan fingerprint density at radius 2 is 1.72 bits per heavy atom. The van der Waals surface area contributed by atoms with Crippen molar-refractivity contribution in [2.75, 3.05) is 18.0 Å². The van der Waals surface area contributed by atoms with Gasteiger partial charge in [0.25, 0.3) is 0 Å². The van der Waals surface area contributed by atoms with Crippen LogP contribution in [0.3, 0.4) is 0 Å². The van der Waals surface area contributed by atoms with Crippen molar-refractivity contribution in [3.8, 4) is 0 Å². The number of fused-ring (bicyclic) bond motifs is 1. The van der Waals surface area contributed by atoms with Crippen LogP contribution < -0.4 is 10.2 Å². The van der Waals surface area contributed by atoms with E-state index in [2.05, 4.69) is 56.2 Å². The third-order valence-corrected chi connectivity index (χ3v) is 5.55. The van der Waals surface area contributed by atoms with E-state index in [1.807, 2.05) is 0 Å². The predicted molar refractivity (Wildman–Crippen MR) is 101 cm³/mol. The SMILES string of the molecule is C[C@@H](NCc1ccc(N2CCCCC2)cc1)c1nnc2n1CCCC2. The molecule has 0 saturated carbocycles. The van der Waals surface area contributed by atoms with Gasteiger partial charge in [-0.1, -0.05) is 12.1 Å². The molecule has 0 unspecified atom stereocenters. The van der Waals surface area contributed by atoms with Crippen molar-refractivity contribution in [1.82, 2.24) is 20.1 Å². The van der Waals surface area contributed by atoms with E-state index in [-0.39, 0.29) is 6.04 Å². The fourth-order valence-electron chi connectivity index (χ4n) is 3.99. The molecule has 2 aliphatic rings. The van der Waals surface area contributed by atoms with Crippen molar-refractivity contribution in [3.63, 3.8) is 0 Å². The second-order valence-corrected chi connectivity index (χ2v) is 7.40. The molecule has 0 aliphatic carbocycles. The minimum atomic E-state index is 0.223. The summed E-state index contributed by atoms with van der Waals surface area (Å²) in [5, 5.41) is 12.4. The molecule has 1 atom stereocenters. The summed E-state index contributed by atoms with van der Waals surface area (Å²) in [6, 6.07) is 9.27. The summed E-state index contributed by atoms with van der Waals surface area (Å²) >= 11 is 0. The molecule has 4 rings (SSSR count). The second-order valence-electron chi connectivity index (χ2n) is 7.40. The van der Waals surface area contributed by atoms with Crippen molar-refractivity contribution < 1.29 is 0 Å². The summed E-state index contributed by atoms with van der Waals surface area (Å²) in [6.07, 6.45) is 7.57. The number of benzene rings is 1. The quantitative estimate of drug-likeness (QED) is 0.906. The first-order valence-corrected chi connectivity index (χ1v) is 9.80. The summed E-state index contributed by atoms with van der Waals surface area (Å²) in [5.74, 6) is 2.24. The van der Waals surface area contributed by atoms with Crippen LogP contribution in [0.4, 0.5) is 5.69 Å². The predicted octanol–water partition coefficient (Wildman–Crippen LogP) is 3.46. The van der Waals surface area contributed by atoms with Crippen LogP contribution >= 0.6 is 0 Å². The fraction of sp³-hybridized carbons (Fsp3) is 0.600. The van der Waals surface area contributed by atoms with Gasteiger partial charge in [-0.05, 0) is 56.7 Å². The Labute approximate surface area is 150 Å². The standard InChI is InChI=1S/C20H29N5/c1-16(20-23-22-19-7-3-6-14-25(19)20)21-15-17-8-10-18(11-9-17)24-12-4-2-5-13-24/h8-11,16,21H,2-7,12-15H2,1H3/t16-/m1/s1. The molecule has 134 valence electrons. The number of nitrogens with one attached hydrogen (secondary N) is 1. The van der Waals surface area contributed by atoms with Crippen LogP contribution in [0.1, 0.15) is 62.3 Å². The van der Waals surface area contributed by atoms with Gasteiger partial charge in [-0.25, -0.2) is 0 Å². The largest absolute Gasteiger partial charge is 0.372 e. The molecule has 5 nitrogen and oxygen atoms in total. The number of aryl methyl sites for hydroxylation is 1. The summed E-state index contributed by atoms with van der Waals surface area (Å²) in [7, 11) is 0. The Hall–Kier alpha value is -1.88. The van der Waals surface area contributed by atoms with Gasteiger partial charge in [-0.3, -0.25) is 0 Å². The van der Waals surface area contributed by atoms with Gasteiger partial charge in [-0.15, -0.1) is 10.2 Å². The van der Waals surface area contributed by atoms with Crippen LogP contribution in [0, 0.1) is 0 Å². The van der Waals surface area contributed by atoms with E-state index < -0.39 is 0 Å². The number of aromatic nitrogens is 3. The smallest absolute Gasteiger partial charge is 0.149 e. The van der Waals surface area contributed by atoms with Gasteiger partial charge in [0, 0.05) is 38.3 Å². The highest BCUT2D eigenvalue weighted by Crippen LogP contribution is 2.21. The van der Waals surface area contributed by atoms with Gasteiger partial charge in [0.05, 0.1) is 6.04 Å². The van der Waals surface area contributed by atoms with Crippen LogP contribution in [0.25, 0.3) is 0 Å². The Morgan fingerprint density at radius 3 is 2.52 bits per heavy atom. The Balaban J connectivity index is 1.35. The lowest BCUT2D eigenvalue weighted by molar-refractivity contribution is 0.465. The Morgan fingerprint density at radius 1 is 0.960 bits per heavy atom. The summed E-state index contributed by atoms with van der Waals surface area (Å²) in [6.45, 7) is 6.52. The molecule has 0 radical (unpaired) electrons.